The summed E-state index contributed by atoms with van der Waals surface area (Å²) in [5.74, 6) is 0. The molecule has 0 amide bonds. The first kappa shape index (κ1) is 13.9. The highest BCUT2D eigenvalue weighted by Crippen LogP contribution is 2.21. The van der Waals surface area contributed by atoms with E-state index in [-0.39, 0.29) is 16.6 Å². The Morgan fingerprint density at radius 1 is 0.769 bits per heavy atom. The molecule has 0 radical (unpaired) electrons. The Bertz CT molecular complexity index is 138. The van der Waals surface area contributed by atoms with Gasteiger partial charge in [0.15, 0.2) is 0 Å². The van der Waals surface area contributed by atoms with Crippen LogP contribution < -0.4 is 0 Å². The van der Waals surface area contributed by atoms with Gasteiger partial charge in [0.25, 0.3) is 0 Å². The van der Waals surface area contributed by atoms with E-state index in [0.717, 1.165) is 0 Å². The Balaban J connectivity index is 4.58. The van der Waals surface area contributed by atoms with Crippen LogP contribution in [0.4, 0.5) is 0 Å². The molecule has 0 rings (SSSR count). The molecule has 0 aliphatic heterocycles. The molecule has 4 heteroatoms. The molecule has 0 aliphatic carbocycles. The van der Waals surface area contributed by atoms with Crippen molar-refractivity contribution in [3.63, 3.8) is 0 Å². The first-order chi connectivity index (χ1) is 5.55. The van der Waals surface area contributed by atoms with E-state index >= 15 is 0 Å². The van der Waals surface area contributed by atoms with Gasteiger partial charge >= 0.3 is 0 Å². The maximum Gasteiger partial charge on any atom is 0.0321 e. The molecule has 0 bridgehead atoms. The summed E-state index contributed by atoms with van der Waals surface area (Å²) in [6.07, 6.45) is 0. The van der Waals surface area contributed by atoms with Crippen LogP contribution in [-0.2, 0) is 0 Å². The Kier molecular flexibility index (Phi) is 4.90. The summed E-state index contributed by atoms with van der Waals surface area (Å²) >= 11 is 0. The third kappa shape index (κ3) is 5.34. The van der Waals surface area contributed by atoms with Gasteiger partial charge in [-0.2, -0.15) is 0 Å². The van der Waals surface area contributed by atoms with Crippen LogP contribution in [0.15, 0.2) is 0 Å². The lowest BCUT2D eigenvalue weighted by molar-refractivity contribution is 1.71. The summed E-state index contributed by atoms with van der Waals surface area (Å²) in [4.78, 5) is 0. The van der Waals surface area contributed by atoms with E-state index in [1.807, 2.05) is 0 Å². The molecular weight excluding hydrogens is 220 g/mol. The molecule has 0 spiro atoms. The molecule has 0 N–H and O–H groups in total. The summed E-state index contributed by atoms with van der Waals surface area (Å²) in [6, 6.07) is 0. The van der Waals surface area contributed by atoms with E-state index < -0.39 is 15.2 Å². The molecule has 0 aromatic carbocycles. The van der Waals surface area contributed by atoms with E-state index in [1.165, 1.54) is 0 Å². The van der Waals surface area contributed by atoms with Crippen molar-refractivity contribution in [1.29, 1.82) is 0 Å². The van der Waals surface area contributed by atoms with Gasteiger partial charge in [-0.25, -0.2) is 0 Å². The van der Waals surface area contributed by atoms with Gasteiger partial charge in [0, 0.05) is 31.8 Å². The Morgan fingerprint density at radius 3 is 1.15 bits per heavy atom. The van der Waals surface area contributed by atoms with Crippen LogP contribution in [0.2, 0.25) is 58.0 Å². The molecule has 0 nitrogen and oxygen atoms in total. The maximum atomic E-state index is 2.62. The Labute approximate surface area is 90.0 Å². The summed E-state index contributed by atoms with van der Waals surface area (Å²) < 4.78 is 0. The minimum Gasteiger partial charge on any atom is -0.0724 e. The fourth-order valence-corrected chi connectivity index (χ4v) is 66.9. The Morgan fingerprint density at radius 2 is 1.08 bits per heavy atom. The van der Waals surface area contributed by atoms with Gasteiger partial charge in [-0.15, -0.1) is 0 Å². The van der Waals surface area contributed by atoms with E-state index in [2.05, 4.69) is 52.4 Å². The normalized spacial score (nSPS) is 14.3. The fraction of sp³-hybridized carbons (Fsp3) is 1.00. The monoisotopic (exact) mass is 248 g/mol. The zero-order chi connectivity index (χ0) is 10.9. The molecule has 0 aromatic rings. The van der Waals surface area contributed by atoms with Crippen LogP contribution in [0.1, 0.15) is 0 Å². The highest BCUT2D eigenvalue weighted by molar-refractivity contribution is 7.61. The zero-order valence-electron chi connectivity index (χ0n) is 10.9. The van der Waals surface area contributed by atoms with Crippen LogP contribution in [-0.4, -0.2) is 31.8 Å². The van der Waals surface area contributed by atoms with E-state index in [4.69, 9.17) is 0 Å². The topological polar surface area (TPSA) is 0 Å². The largest absolute Gasteiger partial charge is 0.0724 e. The highest BCUT2D eigenvalue weighted by atomic mass is 29.6. The van der Waals surface area contributed by atoms with Gasteiger partial charge in [0.2, 0.25) is 0 Å². The summed E-state index contributed by atoms with van der Waals surface area (Å²) in [5.41, 5.74) is 1.74. The van der Waals surface area contributed by atoms with Gasteiger partial charge in [0.1, 0.15) is 0 Å². The Hall–Kier alpha value is 0.868. The van der Waals surface area contributed by atoms with Crippen molar-refractivity contribution < 1.29 is 0 Å². The van der Waals surface area contributed by atoms with E-state index in [9.17, 15) is 0 Å². The average molecular weight is 249 g/mol. The van der Waals surface area contributed by atoms with Crippen molar-refractivity contribution >= 4 is 31.8 Å². The molecule has 0 heterocycles. The molecule has 0 atom stereocenters. The van der Waals surface area contributed by atoms with Crippen molar-refractivity contribution in [1.82, 2.24) is 0 Å². The lowest BCUT2D eigenvalue weighted by atomic mass is 11.8. The third-order valence-electron chi connectivity index (χ3n) is 2.80. The van der Waals surface area contributed by atoms with E-state index in [1.54, 1.807) is 5.67 Å². The van der Waals surface area contributed by atoms with Gasteiger partial charge in [-0.1, -0.05) is 58.0 Å². The average Bonchev–Trinajstić information content (AvgIpc) is 1.77. The second kappa shape index (κ2) is 4.59. The standard InChI is InChI=1S/C9H28Si4/c1-10(2)9-11(12(3,4)5)13(6,7)8/h10-11H,9H2,1-8H3. The molecule has 0 saturated heterocycles. The quantitative estimate of drug-likeness (QED) is 0.671. The molecule has 0 saturated carbocycles. The second-order valence-electron chi connectivity index (χ2n) is 6.91. The highest BCUT2D eigenvalue weighted by Gasteiger charge is 2.38. The van der Waals surface area contributed by atoms with Crippen molar-refractivity contribution in [2.75, 3.05) is 0 Å². The van der Waals surface area contributed by atoms with Gasteiger partial charge in [0.05, 0.1) is 0 Å². The zero-order valence-corrected chi connectivity index (χ0v) is 15.2. The molecule has 0 aliphatic rings. The van der Waals surface area contributed by atoms with Crippen molar-refractivity contribution in [3.05, 3.63) is 0 Å². The fourth-order valence-electron chi connectivity index (χ4n) is 2.48. The summed E-state index contributed by atoms with van der Waals surface area (Å²) in [6.45, 7) is 20.8. The minimum atomic E-state index is -0.750. The maximum absolute atomic E-state index is 2.62. The molecule has 80 valence electrons. The molecular formula is C9H28Si4. The van der Waals surface area contributed by atoms with Gasteiger partial charge in [-0.3, -0.25) is 0 Å². The van der Waals surface area contributed by atoms with Crippen LogP contribution in [0.3, 0.4) is 0 Å². The first-order valence-electron chi connectivity index (χ1n) is 5.55. The van der Waals surface area contributed by atoms with Crippen molar-refractivity contribution in [2.45, 2.75) is 58.0 Å². The van der Waals surface area contributed by atoms with Crippen molar-refractivity contribution in [2.24, 2.45) is 0 Å². The van der Waals surface area contributed by atoms with Crippen molar-refractivity contribution in [3.8, 4) is 0 Å². The number of hydrogen-bond acceptors (Lipinski definition) is 0. The SMILES string of the molecule is C[SiH](C)C[SiH]([Si](C)(C)C)[Si](C)(C)C. The second-order valence-corrected chi connectivity index (χ2v) is 38.5. The van der Waals surface area contributed by atoms with Crippen LogP contribution in [0.5, 0.6) is 0 Å². The number of hydrogen-bond donors (Lipinski definition) is 0. The lowest BCUT2D eigenvalue weighted by Gasteiger charge is -2.38. The summed E-state index contributed by atoms with van der Waals surface area (Å²) in [5, 5.41) is 0. The third-order valence-corrected chi connectivity index (χ3v) is 45.0. The summed E-state index contributed by atoms with van der Waals surface area (Å²) in [7, 11) is -2.12. The van der Waals surface area contributed by atoms with Crippen LogP contribution >= 0.6 is 0 Å². The van der Waals surface area contributed by atoms with Gasteiger partial charge in [-0.05, 0) is 0 Å². The predicted octanol–water partition coefficient (Wildman–Crippen LogP) is 3.07. The molecule has 0 aromatic heterocycles. The minimum absolute atomic E-state index is 0.297. The molecule has 0 fully saturated rings. The lowest BCUT2D eigenvalue weighted by Crippen LogP contribution is -2.59. The first-order valence-corrected chi connectivity index (χ1v) is 20.1. The number of rotatable bonds is 4. The van der Waals surface area contributed by atoms with Gasteiger partial charge < -0.3 is 0 Å². The molecule has 13 heavy (non-hydrogen) atoms. The predicted molar refractivity (Wildman–Crippen MR) is 77.5 cm³/mol. The van der Waals surface area contributed by atoms with E-state index in [0.29, 0.717) is 0 Å². The smallest absolute Gasteiger partial charge is 0.0321 e. The van der Waals surface area contributed by atoms with Crippen LogP contribution in [0, 0.1) is 0 Å². The van der Waals surface area contributed by atoms with Crippen LogP contribution in [0.25, 0.3) is 0 Å². The molecule has 0 unspecified atom stereocenters.